The standard InChI is InChI=1S/C11H11.Li.H/c1-8-3-5-10-6-4-9(2)11(10)7-8;;/h3-7H,1-2H3;;. The minimum atomic E-state index is 0. The Balaban J connectivity index is 0.000000720. The molecule has 0 aliphatic heterocycles. The molecule has 1 aromatic carbocycles. The molecule has 0 spiro atoms. The summed E-state index contributed by atoms with van der Waals surface area (Å²) in [5.74, 6) is 1.38. The number of hydrogen-bond donors (Lipinski definition) is 0. The molecule has 0 unspecified atom stereocenters. The molecule has 0 heterocycles. The molecule has 2 rings (SSSR count). The molecule has 0 aromatic heterocycles. The summed E-state index contributed by atoms with van der Waals surface area (Å²) in [6.07, 6.45) is 4.34. The number of rotatable bonds is 0. The van der Waals surface area contributed by atoms with Gasteiger partial charge in [0.1, 0.15) is 0 Å². The van der Waals surface area contributed by atoms with Gasteiger partial charge in [-0.25, -0.2) is 0 Å². The van der Waals surface area contributed by atoms with Gasteiger partial charge in [0.2, 0.25) is 0 Å². The predicted octanol–water partition coefficient (Wildman–Crippen LogP) is 2.32. The van der Waals surface area contributed by atoms with E-state index in [1.165, 1.54) is 22.6 Å². The van der Waals surface area contributed by atoms with E-state index in [0.717, 1.165) is 0 Å². The summed E-state index contributed by atoms with van der Waals surface area (Å²) in [4.78, 5) is 0. The first-order chi connectivity index (χ1) is 5.27. The molecule has 0 atom stereocenters. The van der Waals surface area contributed by atoms with Crippen molar-refractivity contribution in [2.45, 2.75) is 13.8 Å². The van der Waals surface area contributed by atoms with Gasteiger partial charge in [-0.2, -0.15) is 0 Å². The number of benzene rings is 1. The SMILES string of the molecule is C[C]1C=Cc2ccc(C)cc21.[LiH]. The molecule has 0 N–H and O–H groups in total. The van der Waals surface area contributed by atoms with Crippen LogP contribution in [0.2, 0.25) is 0 Å². The molecule has 1 aliphatic rings. The van der Waals surface area contributed by atoms with Gasteiger partial charge in [-0.3, -0.25) is 0 Å². The van der Waals surface area contributed by atoms with Gasteiger partial charge >= 0.3 is 18.9 Å². The van der Waals surface area contributed by atoms with Crippen molar-refractivity contribution in [1.82, 2.24) is 0 Å². The molecule has 0 fully saturated rings. The minimum absolute atomic E-state index is 0. The molecule has 0 nitrogen and oxygen atoms in total. The van der Waals surface area contributed by atoms with E-state index >= 15 is 0 Å². The van der Waals surface area contributed by atoms with Crippen LogP contribution in [0.4, 0.5) is 0 Å². The van der Waals surface area contributed by atoms with Crippen molar-refractivity contribution in [3.8, 4) is 0 Å². The molecule has 0 bridgehead atoms. The van der Waals surface area contributed by atoms with Crippen LogP contribution in [0.25, 0.3) is 6.08 Å². The van der Waals surface area contributed by atoms with Crippen molar-refractivity contribution in [1.29, 1.82) is 0 Å². The van der Waals surface area contributed by atoms with E-state index in [1.807, 2.05) is 0 Å². The second-order valence-electron chi connectivity index (χ2n) is 3.11. The third-order valence-electron chi connectivity index (χ3n) is 2.15. The van der Waals surface area contributed by atoms with Gasteiger partial charge in [-0.15, -0.1) is 0 Å². The molecule has 0 amide bonds. The Morgan fingerprint density at radius 1 is 1.00 bits per heavy atom. The van der Waals surface area contributed by atoms with Gasteiger partial charge in [-0.05, 0) is 18.1 Å². The Morgan fingerprint density at radius 2 is 1.75 bits per heavy atom. The fourth-order valence-corrected chi connectivity index (χ4v) is 1.46. The predicted molar refractivity (Wildman–Crippen MR) is 55.4 cm³/mol. The van der Waals surface area contributed by atoms with Crippen molar-refractivity contribution in [3.63, 3.8) is 0 Å². The molecule has 1 aromatic rings. The Bertz CT molecular complexity index is 313. The van der Waals surface area contributed by atoms with Crippen LogP contribution >= 0.6 is 0 Å². The summed E-state index contributed by atoms with van der Waals surface area (Å²) >= 11 is 0. The first kappa shape index (κ1) is 9.64. The van der Waals surface area contributed by atoms with Crippen molar-refractivity contribution in [2.75, 3.05) is 0 Å². The van der Waals surface area contributed by atoms with Gasteiger partial charge in [0, 0.05) is 5.92 Å². The Morgan fingerprint density at radius 3 is 2.50 bits per heavy atom. The molecule has 1 aliphatic carbocycles. The van der Waals surface area contributed by atoms with Crippen molar-refractivity contribution < 1.29 is 0 Å². The summed E-state index contributed by atoms with van der Waals surface area (Å²) < 4.78 is 0. The Kier molecular flexibility index (Phi) is 2.83. The second kappa shape index (κ2) is 3.52. The van der Waals surface area contributed by atoms with Crippen LogP contribution in [0, 0.1) is 12.8 Å². The van der Waals surface area contributed by atoms with E-state index in [1.54, 1.807) is 0 Å². The van der Waals surface area contributed by atoms with Crippen molar-refractivity contribution >= 4 is 24.9 Å². The quantitative estimate of drug-likeness (QED) is 0.499. The number of fused-ring (bicyclic) bond motifs is 1. The third kappa shape index (κ3) is 1.51. The van der Waals surface area contributed by atoms with E-state index in [2.05, 4.69) is 44.2 Å². The normalized spacial score (nSPS) is 14.2. The zero-order chi connectivity index (χ0) is 7.84. The number of allylic oxidation sites excluding steroid dienone is 1. The average Bonchev–Trinajstić information content (AvgIpc) is 2.33. The van der Waals surface area contributed by atoms with E-state index in [9.17, 15) is 0 Å². The molecule has 0 saturated carbocycles. The zero-order valence-corrected chi connectivity index (χ0v) is 6.89. The maximum absolute atomic E-state index is 2.24. The molecular formula is C11H12Li. The van der Waals surface area contributed by atoms with Crippen LogP contribution < -0.4 is 0 Å². The molecule has 0 saturated heterocycles. The summed E-state index contributed by atoms with van der Waals surface area (Å²) in [7, 11) is 0. The fourth-order valence-electron chi connectivity index (χ4n) is 1.46. The first-order valence-corrected chi connectivity index (χ1v) is 3.90. The van der Waals surface area contributed by atoms with Crippen molar-refractivity contribution in [3.05, 3.63) is 46.9 Å². The number of hydrogen-bond acceptors (Lipinski definition) is 0. The van der Waals surface area contributed by atoms with Gasteiger partial charge in [0.25, 0.3) is 0 Å². The van der Waals surface area contributed by atoms with E-state index < -0.39 is 0 Å². The van der Waals surface area contributed by atoms with Gasteiger partial charge in [0.05, 0.1) is 0 Å². The molecule has 1 radical (unpaired) electrons. The molecule has 57 valence electrons. The Labute approximate surface area is 85.9 Å². The summed E-state index contributed by atoms with van der Waals surface area (Å²) in [5, 5.41) is 0. The summed E-state index contributed by atoms with van der Waals surface area (Å²) in [6, 6.07) is 6.57. The third-order valence-corrected chi connectivity index (χ3v) is 2.15. The molecule has 12 heavy (non-hydrogen) atoms. The van der Waals surface area contributed by atoms with Crippen LogP contribution in [-0.2, 0) is 0 Å². The fraction of sp³-hybridized carbons (Fsp3) is 0.182. The van der Waals surface area contributed by atoms with Crippen LogP contribution in [0.1, 0.15) is 23.6 Å². The summed E-state index contributed by atoms with van der Waals surface area (Å²) in [6.45, 7) is 4.29. The van der Waals surface area contributed by atoms with Gasteiger partial charge in [0.15, 0.2) is 0 Å². The Hall–Kier alpha value is -0.443. The van der Waals surface area contributed by atoms with Crippen molar-refractivity contribution in [2.24, 2.45) is 0 Å². The van der Waals surface area contributed by atoms with E-state index in [4.69, 9.17) is 0 Å². The topological polar surface area (TPSA) is 0 Å². The van der Waals surface area contributed by atoms with Crippen LogP contribution in [0.5, 0.6) is 0 Å². The van der Waals surface area contributed by atoms with Crippen LogP contribution in [0.3, 0.4) is 0 Å². The monoisotopic (exact) mass is 151 g/mol. The van der Waals surface area contributed by atoms with E-state index in [-0.39, 0.29) is 18.9 Å². The zero-order valence-electron chi connectivity index (χ0n) is 6.89. The first-order valence-electron chi connectivity index (χ1n) is 3.90. The van der Waals surface area contributed by atoms with Crippen LogP contribution in [-0.4, -0.2) is 18.9 Å². The summed E-state index contributed by atoms with van der Waals surface area (Å²) in [5.41, 5.74) is 4.09. The average molecular weight is 151 g/mol. The molecule has 1 heteroatoms. The van der Waals surface area contributed by atoms with Gasteiger partial charge < -0.3 is 0 Å². The number of aryl methyl sites for hydroxylation is 1. The maximum atomic E-state index is 2.24. The molecular weight excluding hydrogens is 139 g/mol. The second-order valence-corrected chi connectivity index (χ2v) is 3.11. The van der Waals surface area contributed by atoms with Gasteiger partial charge in [-0.1, -0.05) is 42.8 Å². The van der Waals surface area contributed by atoms with Crippen LogP contribution in [0.15, 0.2) is 24.3 Å². The van der Waals surface area contributed by atoms with E-state index in [0.29, 0.717) is 0 Å².